The van der Waals surface area contributed by atoms with Gasteiger partial charge in [-0.15, -0.1) is 0 Å². The molecule has 0 bridgehead atoms. The summed E-state index contributed by atoms with van der Waals surface area (Å²) in [5.74, 6) is -1.27. The van der Waals surface area contributed by atoms with Crippen LogP contribution in [0.3, 0.4) is 0 Å². The van der Waals surface area contributed by atoms with E-state index in [9.17, 15) is 14.4 Å². The Kier molecular flexibility index (Phi) is 5.57. The van der Waals surface area contributed by atoms with E-state index in [0.29, 0.717) is 11.1 Å². The molecule has 0 aliphatic carbocycles. The van der Waals surface area contributed by atoms with Crippen molar-refractivity contribution in [3.05, 3.63) is 107 Å². The van der Waals surface area contributed by atoms with Crippen LogP contribution in [0.2, 0.25) is 0 Å². The van der Waals surface area contributed by atoms with Crippen LogP contribution in [0.5, 0.6) is 0 Å². The van der Waals surface area contributed by atoms with Gasteiger partial charge in [-0.25, -0.2) is 4.79 Å². The molecule has 0 saturated heterocycles. The van der Waals surface area contributed by atoms with Gasteiger partial charge in [-0.1, -0.05) is 78.9 Å². The molecule has 27 heavy (non-hydrogen) atoms. The Morgan fingerprint density at radius 2 is 1.15 bits per heavy atom. The zero-order valence-electron chi connectivity index (χ0n) is 14.8. The average molecular weight is 358 g/mol. The minimum absolute atomic E-state index is 0.138. The summed E-state index contributed by atoms with van der Waals surface area (Å²) >= 11 is 0. The maximum Gasteiger partial charge on any atom is 0.339 e. The Morgan fingerprint density at radius 1 is 0.667 bits per heavy atom. The Hall–Kier alpha value is -3.53. The Bertz CT molecular complexity index is 962. The summed E-state index contributed by atoms with van der Waals surface area (Å²) in [5, 5.41) is 0. The molecule has 0 radical (unpaired) electrons. The summed E-state index contributed by atoms with van der Waals surface area (Å²) in [4.78, 5) is 37.8. The van der Waals surface area contributed by atoms with Crippen LogP contribution in [0.25, 0.3) is 0 Å². The van der Waals surface area contributed by atoms with Crippen LogP contribution < -0.4 is 0 Å². The van der Waals surface area contributed by atoms with Crippen LogP contribution in [0.15, 0.2) is 84.9 Å². The van der Waals surface area contributed by atoms with Crippen molar-refractivity contribution in [2.45, 2.75) is 13.0 Å². The zero-order valence-corrected chi connectivity index (χ0v) is 14.8. The highest BCUT2D eigenvalue weighted by molar-refractivity contribution is 6.14. The quantitative estimate of drug-likeness (QED) is 0.486. The highest BCUT2D eigenvalue weighted by Crippen LogP contribution is 2.17. The summed E-state index contributed by atoms with van der Waals surface area (Å²) in [5.41, 5.74) is 1.32. The molecular weight excluding hydrogens is 340 g/mol. The van der Waals surface area contributed by atoms with Gasteiger partial charge in [0, 0.05) is 16.7 Å². The first-order valence-electron chi connectivity index (χ1n) is 8.57. The van der Waals surface area contributed by atoms with E-state index in [0.717, 1.165) is 0 Å². The molecule has 0 spiro atoms. The van der Waals surface area contributed by atoms with Crippen LogP contribution in [0.4, 0.5) is 0 Å². The van der Waals surface area contributed by atoms with E-state index in [1.807, 2.05) is 6.07 Å². The van der Waals surface area contributed by atoms with Gasteiger partial charge in [0.25, 0.3) is 0 Å². The normalized spacial score (nSPS) is 11.4. The number of hydrogen-bond acceptors (Lipinski definition) is 4. The zero-order chi connectivity index (χ0) is 19.2. The first-order chi connectivity index (χ1) is 13.1. The van der Waals surface area contributed by atoms with Gasteiger partial charge in [-0.3, -0.25) is 9.59 Å². The van der Waals surface area contributed by atoms with Crippen LogP contribution in [-0.2, 0) is 4.74 Å². The van der Waals surface area contributed by atoms with Gasteiger partial charge in [-0.2, -0.15) is 0 Å². The largest absolute Gasteiger partial charge is 0.451 e. The van der Waals surface area contributed by atoms with E-state index >= 15 is 0 Å². The number of esters is 1. The fourth-order valence-electron chi connectivity index (χ4n) is 2.72. The highest BCUT2D eigenvalue weighted by Gasteiger charge is 2.24. The summed E-state index contributed by atoms with van der Waals surface area (Å²) in [7, 11) is 0. The number of ketones is 2. The van der Waals surface area contributed by atoms with E-state index in [1.165, 1.54) is 13.0 Å². The van der Waals surface area contributed by atoms with Crippen LogP contribution in [0.1, 0.15) is 43.6 Å². The van der Waals surface area contributed by atoms with E-state index in [-0.39, 0.29) is 22.7 Å². The SMILES string of the molecule is C[C@H](OC(=O)c1ccccc1C(=O)c1ccccc1)C(=O)c1ccccc1. The number of hydrogen-bond donors (Lipinski definition) is 0. The van der Waals surface area contributed by atoms with Crippen LogP contribution in [-0.4, -0.2) is 23.6 Å². The second-order valence-electron chi connectivity index (χ2n) is 6.02. The van der Waals surface area contributed by atoms with Crippen molar-refractivity contribution in [3.63, 3.8) is 0 Å². The predicted octanol–water partition coefficient (Wildman–Crippen LogP) is 4.35. The molecule has 4 heteroatoms. The lowest BCUT2D eigenvalue weighted by Crippen LogP contribution is -2.25. The molecule has 3 aromatic rings. The summed E-state index contributed by atoms with van der Waals surface area (Å²) < 4.78 is 5.34. The number of benzene rings is 3. The van der Waals surface area contributed by atoms with Gasteiger partial charge in [-0.05, 0) is 13.0 Å². The molecule has 3 aromatic carbocycles. The van der Waals surface area contributed by atoms with E-state index in [4.69, 9.17) is 4.74 Å². The van der Waals surface area contributed by atoms with E-state index in [2.05, 4.69) is 0 Å². The van der Waals surface area contributed by atoms with Gasteiger partial charge < -0.3 is 4.74 Å². The molecule has 0 heterocycles. The Labute approximate surface area is 157 Å². The predicted molar refractivity (Wildman–Crippen MR) is 102 cm³/mol. The lowest BCUT2D eigenvalue weighted by Gasteiger charge is -2.14. The molecule has 0 aliphatic heterocycles. The molecule has 0 amide bonds. The topological polar surface area (TPSA) is 60.4 Å². The van der Waals surface area contributed by atoms with Gasteiger partial charge >= 0.3 is 5.97 Å². The average Bonchev–Trinajstić information content (AvgIpc) is 2.73. The summed E-state index contributed by atoms with van der Waals surface area (Å²) in [6, 6.07) is 23.8. The third-order valence-electron chi connectivity index (χ3n) is 4.14. The van der Waals surface area contributed by atoms with Gasteiger partial charge in [0.15, 0.2) is 11.9 Å². The Morgan fingerprint density at radius 3 is 1.74 bits per heavy atom. The number of Topliss-reactive ketones (excluding diaryl/α,β-unsaturated/α-hetero) is 1. The molecule has 0 aromatic heterocycles. The highest BCUT2D eigenvalue weighted by atomic mass is 16.5. The maximum absolute atomic E-state index is 12.7. The molecular formula is C23H18O4. The minimum Gasteiger partial charge on any atom is -0.451 e. The lowest BCUT2D eigenvalue weighted by molar-refractivity contribution is 0.0317. The van der Waals surface area contributed by atoms with E-state index < -0.39 is 12.1 Å². The molecule has 3 rings (SSSR count). The first kappa shape index (κ1) is 18.3. The van der Waals surface area contributed by atoms with E-state index in [1.54, 1.807) is 72.8 Å². The minimum atomic E-state index is -0.959. The fourth-order valence-corrected chi connectivity index (χ4v) is 2.72. The maximum atomic E-state index is 12.7. The summed E-state index contributed by atoms with van der Waals surface area (Å²) in [6.45, 7) is 1.52. The van der Waals surface area contributed by atoms with Crippen molar-refractivity contribution in [2.24, 2.45) is 0 Å². The third-order valence-corrected chi connectivity index (χ3v) is 4.14. The van der Waals surface area contributed by atoms with Crippen molar-refractivity contribution in [1.29, 1.82) is 0 Å². The first-order valence-corrected chi connectivity index (χ1v) is 8.57. The number of carbonyl (C=O) groups excluding carboxylic acids is 3. The molecule has 1 atom stereocenters. The monoisotopic (exact) mass is 358 g/mol. The van der Waals surface area contributed by atoms with Crippen molar-refractivity contribution >= 4 is 17.5 Å². The molecule has 134 valence electrons. The molecule has 4 nitrogen and oxygen atoms in total. The van der Waals surface area contributed by atoms with Gasteiger partial charge in [0.2, 0.25) is 5.78 Å². The molecule has 0 aliphatic rings. The fraction of sp³-hybridized carbons (Fsp3) is 0.0870. The third kappa shape index (κ3) is 4.18. The number of carbonyl (C=O) groups is 3. The number of rotatable bonds is 6. The van der Waals surface area contributed by atoms with Gasteiger partial charge in [0.05, 0.1) is 5.56 Å². The standard InChI is InChI=1S/C23H18O4/c1-16(21(24)17-10-4-2-5-11-17)27-23(26)20-15-9-8-14-19(20)22(25)18-12-6-3-7-13-18/h2-16H,1H3/t16-/m0/s1. The molecule has 0 fully saturated rings. The summed E-state index contributed by atoms with van der Waals surface area (Å²) in [6.07, 6.45) is -0.959. The number of ether oxygens (including phenoxy) is 1. The lowest BCUT2D eigenvalue weighted by atomic mass is 9.98. The van der Waals surface area contributed by atoms with Crippen molar-refractivity contribution in [1.82, 2.24) is 0 Å². The molecule has 0 unspecified atom stereocenters. The van der Waals surface area contributed by atoms with Crippen molar-refractivity contribution in [3.8, 4) is 0 Å². The van der Waals surface area contributed by atoms with Crippen LogP contribution in [0, 0.1) is 0 Å². The Balaban J connectivity index is 1.81. The van der Waals surface area contributed by atoms with Crippen molar-refractivity contribution < 1.29 is 19.1 Å². The smallest absolute Gasteiger partial charge is 0.339 e. The van der Waals surface area contributed by atoms with Gasteiger partial charge in [0.1, 0.15) is 0 Å². The van der Waals surface area contributed by atoms with Crippen LogP contribution >= 0.6 is 0 Å². The second kappa shape index (κ2) is 8.23. The van der Waals surface area contributed by atoms with Crippen molar-refractivity contribution in [2.75, 3.05) is 0 Å². The molecule has 0 saturated carbocycles. The molecule has 0 N–H and O–H groups in total. The second-order valence-corrected chi connectivity index (χ2v) is 6.02.